The summed E-state index contributed by atoms with van der Waals surface area (Å²) in [5.74, 6) is -2.46. The van der Waals surface area contributed by atoms with Gasteiger partial charge >= 0.3 is 11.9 Å². The number of esters is 1. The Labute approximate surface area is 82.6 Å². The number of carboxylic acid groups (broad SMARTS) is 1. The van der Waals surface area contributed by atoms with Gasteiger partial charge in [0.15, 0.2) is 0 Å². The molecule has 0 aromatic rings. The number of carboxylic acids is 1. The smallest absolute Gasteiger partial charge is 0.310 e. The van der Waals surface area contributed by atoms with Crippen LogP contribution in [-0.2, 0) is 14.3 Å². The lowest BCUT2D eigenvalue weighted by molar-refractivity contribution is -0.157. The molecule has 0 fully saturated rings. The first-order valence-corrected chi connectivity index (χ1v) is 4.71. The van der Waals surface area contributed by atoms with Crippen LogP contribution in [0.3, 0.4) is 0 Å². The molecule has 2 atom stereocenters. The van der Waals surface area contributed by atoms with Crippen LogP contribution in [0.5, 0.6) is 0 Å². The normalized spacial score (nSPS) is 25.8. The lowest BCUT2D eigenvalue weighted by atomic mass is 9.83. The van der Waals surface area contributed by atoms with E-state index in [1.807, 2.05) is 6.08 Å². The number of rotatable bonds is 3. The number of ether oxygens (including phenoxy) is 1. The van der Waals surface area contributed by atoms with Crippen molar-refractivity contribution in [2.24, 2.45) is 11.8 Å². The van der Waals surface area contributed by atoms with E-state index < -0.39 is 23.8 Å². The van der Waals surface area contributed by atoms with Gasteiger partial charge in [0, 0.05) is 0 Å². The number of aliphatic carboxylic acids is 1. The quantitative estimate of drug-likeness (QED) is 0.547. The highest BCUT2D eigenvalue weighted by molar-refractivity contribution is 5.81. The summed E-state index contributed by atoms with van der Waals surface area (Å²) in [5.41, 5.74) is 0. The Balaban J connectivity index is 2.69. The predicted molar refractivity (Wildman–Crippen MR) is 49.6 cm³/mol. The highest BCUT2D eigenvalue weighted by Gasteiger charge is 2.34. The monoisotopic (exact) mass is 198 g/mol. The van der Waals surface area contributed by atoms with Gasteiger partial charge in [0.2, 0.25) is 0 Å². The molecule has 0 spiro atoms. The summed E-state index contributed by atoms with van der Waals surface area (Å²) in [4.78, 5) is 22.2. The summed E-state index contributed by atoms with van der Waals surface area (Å²) in [5, 5.41) is 8.88. The Bertz CT molecular complexity index is 257. The molecule has 0 bridgehead atoms. The first-order valence-electron chi connectivity index (χ1n) is 4.71. The largest absolute Gasteiger partial charge is 0.481 e. The molecule has 4 nitrogen and oxygen atoms in total. The van der Waals surface area contributed by atoms with E-state index in [0.29, 0.717) is 19.4 Å². The number of carbonyl (C=O) groups excluding carboxylic acids is 1. The fourth-order valence-electron chi connectivity index (χ4n) is 1.60. The second-order valence-corrected chi connectivity index (χ2v) is 3.25. The molecule has 1 aliphatic carbocycles. The Kier molecular flexibility index (Phi) is 3.68. The van der Waals surface area contributed by atoms with Gasteiger partial charge in [-0.3, -0.25) is 9.59 Å². The maximum Gasteiger partial charge on any atom is 0.310 e. The summed E-state index contributed by atoms with van der Waals surface area (Å²) < 4.78 is 4.83. The Morgan fingerprint density at radius 2 is 1.93 bits per heavy atom. The third kappa shape index (κ3) is 2.34. The molecule has 1 N–H and O–H groups in total. The van der Waals surface area contributed by atoms with Gasteiger partial charge in [0.1, 0.15) is 0 Å². The zero-order chi connectivity index (χ0) is 10.6. The number of allylic oxidation sites excluding steroid dienone is 2. The van der Waals surface area contributed by atoms with Gasteiger partial charge in [-0.2, -0.15) is 0 Å². The SMILES string of the molecule is CCOC(=O)[C@H]1CC=CC[C@H]1C(=O)O. The van der Waals surface area contributed by atoms with Crippen molar-refractivity contribution in [1.82, 2.24) is 0 Å². The number of hydrogen-bond acceptors (Lipinski definition) is 3. The number of hydrogen-bond donors (Lipinski definition) is 1. The van der Waals surface area contributed by atoms with Gasteiger partial charge < -0.3 is 9.84 Å². The van der Waals surface area contributed by atoms with Crippen molar-refractivity contribution in [3.63, 3.8) is 0 Å². The lowest BCUT2D eigenvalue weighted by Crippen LogP contribution is -2.32. The van der Waals surface area contributed by atoms with Crippen molar-refractivity contribution in [3.05, 3.63) is 12.2 Å². The summed E-state index contributed by atoms with van der Waals surface area (Å²) >= 11 is 0. The molecule has 0 unspecified atom stereocenters. The van der Waals surface area contributed by atoms with Crippen LogP contribution in [0.1, 0.15) is 19.8 Å². The molecule has 0 aliphatic heterocycles. The first-order chi connectivity index (χ1) is 6.66. The fraction of sp³-hybridized carbons (Fsp3) is 0.600. The van der Waals surface area contributed by atoms with Gasteiger partial charge in [0.25, 0.3) is 0 Å². The molecule has 0 heterocycles. The molecule has 0 saturated carbocycles. The molecule has 0 aromatic heterocycles. The third-order valence-electron chi connectivity index (χ3n) is 2.34. The molecule has 78 valence electrons. The van der Waals surface area contributed by atoms with Crippen molar-refractivity contribution >= 4 is 11.9 Å². The maximum absolute atomic E-state index is 11.4. The Hall–Kier alpha value is -1.32. The zero-order valence-corrected chi connectivity index (χ0v) is 8.10. The van der Waals surface area contributed by atoms with Gasteiger partial charge in [-0.1, -0.05) is 12.2 Å². The Morgan fingerprint density at radius 1 is 1.36 bits per heavy atom. The third-order valence-corrected chi connectivity index (χ3v) is 2.34. The molecule has 0 saturated heterocycles. The molecule has 14 heavy (non-hydrogen) atoms. The van der Waals surface area contributed by atoms with Crippen LogP contribution in [-0.4, -0.2) is 23.7 Å². The molecule has 1 aliphatic rings. The van der Waals surface area contributed by atoms with E-state index in [9.17, 15) is 9.59 Å². The first kappa shape index (κ1) is 10.8. The van der Waals surface area contributed by atoms with E-state index in [1.165, 1.54) is 0 Å². The van der Waals surface area contributed by atoms with Crippen molar-refractivity contribution in [2.75, 3.05) is 6.61 Å². The zero-order valence-electron chi connectivity index (χ0n) is 8.10. The van der Waals surface area contributed by atoms with E-state index in [-0.39, 0.29) is 0 Å². The second-order valence-electron chi connectivity index (χ2n) is 3.25. The van der Waals surface area contributed by atoms with Crippen LogP contribution in [0.15, 0.2) is 12.2 Å². The van der Waals surface area contributed by atoms with Crippen LogP contribution in [0.25, 0.3) is 0 Å². The van der Waals surface area contributed by atoms with Crippen LogP contribution in [0.2, 0.25) is 0 Å². The maximum atomic E-state index is 11.4. The van der Waals surface area contributed by atoms with Crippen LogP contribution >= 0.6 is 0 Å². The Morgan fingerprint density at radius 3 is 2.43 bits per heavy atom. The average Bonchev–Trinajstić information content (AvgIpc) is 2.18. The van der Waals surface area contributed by atoms with E-state index in [2.05, 4.69) is 0 Å². The minimum Gasteiger partial charge on any atom is -0.481 e. The summed E-state index contributed by atoms with van der Waals surface area (Å²) in [6.45, 7) is 2.01. The minimum atomic E-state index is -0.924. The van der Waals surface area contributed by atoms with Gasteiger partial charge in [0.05, 0.1) is 18.4 Å². The molecule has 4 heteroatoms. The molecular formula is C10H14O4. The molecular weight excluding hydrogens is 184 g/mol. The summed E-state index contributed by atoms with van der Waals surface area (Å²) in [6.07, 6.45) is 4.52. The highest BCUT2D eigenvalue weighted by Crippen LogP contribution is 2.26. The number of carbonyl (C=O) groups is 2. The van der Waals surface area contributed by atoms with Crippen LogP contribution < -0.4 is 0 Å². The topological polar surface area (TPSA) is 63.6 Å². The highest BCUT2D eigenvalue weighted by atomic mass is 16.5. The van der Waals surface area contributed by atoms with E-state index in [1.54, 1.807) is 13.0 Å². The van der Waals surface area contributed by atoms with Gasteiger partial charge in [-0.15, -0.1) is 0 Å². The average molecular weight is 198 g/mol. The van der Waals surface area contributed by atoms with Crippen molar-refractivity contribution in [2.45, 2.75) is 19.8 Å². The van der Waals surface area contributed by atoms with Gasteiger partial charge in [-0.25, -0.2) is 0 Å². The summed E-state index contributed by atoms with van der Waals surface area (Å²) in [7, 11) is 0. The van der Waals surface area contributed by atoms with Crippen molar-refractivity contribution in [1.29, 1.82) is 0 Å². The van der Waals surface area contributed by atoms with E-state index >= 15 is 0 Å². The predicted octanol–water partition coefficient (Wildman–Crippen LogP) is 1.22. The standard InChI is InChI=1S/C10H14O4/c1-2-14-10(13)8-6-4-3-5-7(8)9(11)12/h3-4,7-8H,2,5-6H2,1H3,(H,11,12)/t7-,8+/m1/s1. The molecule has 0 amide bonds. The second kappa shape index (κ2) is 4.79. The van der Waals surface area contributed by atoms with Crippen LogP contribution in [0, 0.1) is 11.8 Å². The summed E-state index contributed by atoms with van der Waals surface area (Å²) in [6, 6.07) is 0. The fourth-order valence-corrected chi connectivity index (χ4v) is 1.60. The molecule has 1 rings (SSSR count). The van der Waals surface area contributed by atoms with E-state index in [4.69, 9.17) is 9.84 Å². The lowest BCUT2D eigenvalue weighted by Gasteiger charge is -2.22. The molecule has 0 radical (unpaired) electrons. The molecule has 0 aromatic carbocycles. The van der Waals surface area contributed by atoms with Crippen molar-refractivity contribution < 1.29 is 19.4 Å². The van der Waals surface area contributed by atoms with Crippen molar-refractivity contribution in [3.8, 4) is 0 Å². The van der Waals surface area contributed by atoms with E-state index in [0.717, 1.165) is 0 Å². The minimum absolute atomic E-state index is 0.297. The van der Waals surface area contributed by atoms with Crippen LogP contribution in [0.4, 0.5) is 0 Å². The van der Waals surface area contributed by atoms with Gasteiger partial charge in [-0.05, 0) is 19.8 Å².